The molecular weight excluding hydrogens is 256 g/mol. The van der Waals surface area contributed by atoms with Gasteiger partial charge in [-0.25, -0.2) is 0 Å². The van der Waals surface area contributed by atoms with Crippen LogP contribution in [0.3, 0.4) is 0 Å². The van der Waals surface area contributed by atoms with Crippen LogP contribution in [0.2, 0.25) is 0 Å². The molecule has 1 aliphatic rings. The highest BCUT2D eigenvalue weighted by Crippen LogP contribution is 2.28. The minimum absolute atomic E-state index is 0.762. The number of nitrogens with zero attached hydrogens (tertiary/aromatic N) is 1. The summed E-state index contributed by atoms with van der Waals surface area (Å²) in [6.45, 7) is 4.45. The molecule has 126 valence electrons. The Morgan fingerprint density at radius 2 is 1.43 bits per heavy atom. The Labute approximate surface area is 133 Å². The van der Waals surface area contributed by atoms with Crippen LogP contribution in [0.4, 0.5) is 0 Å². The van der Waals surface area contributed by atoms with Crippen molar-refractivity contribution in [2.24, 2.45) is 11.7 Å². The fourth-order valence-corrected chi connectivity index (χ4v) is 3.89. The van der Waals surface area contributed by atoms with Crippen LogP contribution in [0.1, 0.15) is 90.4 Å². The molecule has 0 saturated heterocycles. The normalized spacial score (nSPS) is 22.3. The molecule has 0 radical (unpaired) electrons. The summed E-state index contributed by atoms with van der Waals surface area (Å²) in [6, 6.07) is 0.772. The van der Waals surface area contributed by atoms with E-state index in [0.29, 0.717) is 0 Å². The molecule has 21 heavy (non-hydrogen) atoms. The van der Waals surface area contributed by atoms with Crippen LogP contribution >= 0.6 is 0 Å². The summed E-state index contributed by atoms with van der Waals surface area (Å²) in [5, 5.41) is 0. The van der Waals surface area contributed by atoms with Crippen molar-refractivity contribution in [1.82, 2.24) is 4.90 Å². The average Bonchev–Trinajstić information content (AvgIpc) is 2.97. The minimum Gasteiger partial charge on any atom is -0.330 e. The van der Waals surface area contributed by atoms with E-state index in [1.165, 1.54) is 90.0 Å². The lowest BCUT2D eigenvalue weighted by molar-refractivity contribution is 0.196. The van der Waals surface area contributed by atoms with Crippen LogP contribution in [0.5, 0.6) is 0 Å². The molecule has 1 saturated carbocycles. The fourth-order valence-electron chi connectivity index (χ4n) is 3.89. The molecule has 1 rings (SSSR count). The molecule has 0 aromatic rings. The molecular formula is C19H40N2. The molecule has 2 nitrogen and oxygen atoms in total. The Morgan fingerprint density at radius 1 is 0.857 bits per heavy atom. The second kappa shape index (κ2) is 12.5. The van der Waals surface area contributed by atoms with E-state index in [0.717, 1.165) is 18.5 Å². The Hall–Kier alpha value is -0.0800. The third-order valence-electron chi connectivity index (χ3n) is 5.35. The smallest absolute Gasteiger partial charge is 0.0132 e. The Morgan fingerprint density at radius 3 is 2.00 bits per heavy atom. The van der Waals surface area contributed by atoms with Gasteiger partial charge in [-0.05, 0) is 45.3 Å². The first-order valence-electron chi connectivity index (χ1n) is 9.70. The van der Waals surface area contributed by atoms with Gasteiger partial charge in [0.2, 0.25) is 0 Å². The van der Waals surface area contributed by atoms with E-state index >= 15 is 0 Å². The van der Waals surface area contributed by atoms with E-state index < -0.39 is 0 Å². The van der Waals surface area contributed by atoms with Crippen LogP contribution in [0.15, 0.2) is 0 Å². The quantitative estimate of drug-likeness (QED) is 0.486. The number of rotatable bonds is 13. The second-order valence-corrected chi connectivity index (χ2v) is 7.16. The zero-order chi connectivity index (χ0) is 15.3. The molecule has 0 aliphatic heterocycles. The molecule has 0 aromatic heterocycles. The van der Waals surface area contributed by atoms with Crippen molar-refractivity contribution in [3.8, 4) is 0 Å². The third-order valence-corrected chi connectivity index (χ3v) is 5.35. The third kappa shape index (κ3) is 8.21. The highest BCUT2D eigenvalue weighted by Gasteiger charge is 2.28. The van der Waals surface area contributed by atoms with Gasteiger partial charge in [0.1, 0.15) is 0 Å². The Kier molecular flexibility index (Phi) is 11.3. The van der Waals surface area contributed by atoms with E-state index in [1.54, 1.807) is 0 Å². The van der Waals surface area contributed by atoms with Crippen LogP contribution in [-0.2, 0) is 0 Å². The number of unbranched alkanes of at least 4 members (excludes halogenated alkanes) is 9. The van der Waals surface area contributed by atoms with E-state index in [1.807, 2.05) is 0 Å². The second-order valence-electron chi connectivity index (χ2n) is 7.16. The maximum atomic E-state index is 5.89. The van der Waals surface area contributed by atoms with E-state index in [2.05, 4.69) is 18.9 Å². The van der Waals surface area contributed by atoms with Gasteiger partial charge in [-0.2, -0.15) is 0 Å². The summed E-state index contributed by atoms with van der Waals surface area (Å²) < 4.78 is 0. The van der Waals surface area contributed by atoms with Gasteiger partial charge in [0.15, 0.2) is 0 Å². The van der Waals surface area contributed by atoms with Crippen molar-refractivity contribution in [2.75, 3.05) is 20.1 Å². The summed E-state index contributed by atoms with van der Waals surface area (Å²) in [5.41, 5.74) is 5.89. The lowest BCUT2D eigenvalue weighted by Gasteiger charge is -2.29. The van der Waals surface area contributed by atoms with Crippen molar-refractivity contribution in [3.05, 3.63) is 0 Å². The molecule has 0 bridgehead atoms. The molecule has 0 heterocycles. The Balaban J connectivity index is 1.89. The molecule has 0 spiro atoms. The van der Waals surface area contributed by atoms with Crippen molar-refractivity contribution in [2.45, 2.75) is 96.4 Å². The maximum absolute atomic E-state index is 5.89. The summed E-state index contributed by atoms with van der Waals surface area (Å²) >= 11 is 0. The predicted octanol–water partition coefficient (Wildman–Crippen LogP) is 4.97. The van der Waals surface area contributed by atoms with Gasteiger partial charge in [-0.3, -0.25) is 0 Å². The van der Waals surface area contributed by atoms with Crippen molar-refractivity contribution in [3.63, 3.8) is 0 Å². The van der Waals surface area contributed by atoms with Gasteiger partial charge < -0.3 is 10.6 Å². The van der Waals surface area contributed by atoms with Gasteiger partial charge in [-0.1, -0.05) is 71.1 Å². The van der Waals surface area contributed by atoms with Crippen LogP contribution in [0, 0.1) is 5.92 Å². The van der Waals surface area contributed by atoms with Gasteiger partial charge in [-0.15, -0.1) is 0 Å². The number of hydrogen-bond donors (Lipinski definition) is 1. The molecule has 2 N–H and O–H groups in total. The van der Waals surface area contributed by atoms with E-state index in [4.69, 9.17) is 5.73 Å². The molecule has 2 atom stereocenters. The summed E-state index contributed by atoms with van der Waals surface area (Å²) in [5.74, 6) is 0.762. The molecule has 0 aromatic carbocycles. The van der Waals surface area contributed by atoms with Gasteiger partial charge in [0, 0.05) is 6.04 Å². The first kappa shape index (κ1) is 19.0. The van der Waals surface area contributed by atoms with Crippen LogP contribution < -0.4 is 5.73 Å². The predicted molar refractivity (Wildman–Crippen MR) is 94.7 cm³/mol. The van der Waals surface area contributed by atoms with Crippen molar-refractivity contribution < 1.29 is 0 Å². The van der Waals surface area contributed by atoms with Gasteiger partial charge >= 0.3 is 0 Å². The fraction of sp³-hybridized carbons (Fsp3) is 1.00. The minimum atomic E-state index is 0.762. The molecule has 1 aliphatic carbocycles. The van der Waals surface area contributed by atoms with Crippen LogP contribution in [0.25, 0.3) is 0 Å². The molecule has 1 fully saturated rings. The summed E-state index contributed by atoms with van der Waals surface area (Å²) in [6.07, 6.45) is 18.4. The largest absolute Gasteiger partial charge is 0.330 e. The lowest BCUT2D eigenvalue weighted by Crippen LogP contribution is -2.38. The van der Waals surface area contributed by atoms with Crippen LogP contribution in [-0.4, -0.2) is 31.1 Å². The summed E-state index contributed by atoms with van der Waals surface area (Å²) in [7, 11) is 2.31. The Bertz CT molecular complexity index is 230. The number of nitrogens with two attached hydrogens (primary N) is 1. The maximum Gasteiger partial charge on any atom is 0.0132 e. The highest BCUT2D eigenvalue weighted by molar-refractivity contribution is 4.84. The number of hydrogen-bond acceptors (Lipinski definition) is 2. The molecule has 2 unspecified atom stereocenters. The monoisotopic (exact) mass is 296 g/mol. The van der Waals surface area contributed by atoms with Gasteiger partial charge in [0.05, 0.1) is 0 Å². The zero-order valence-corrected chi connectivity index (χ0v) is 14.8. The topological polar surface area (TPSA) is 29.3 Å². The van der Waals surface area contributed by atoms with Crippen molar-refractivity contribution >= 4 is 0 Å². The first-order chi connectivity index (χ1) is 10.3. The SMILES string of the molecule is CCCCCCCCCCCCN(C)C1CCCC1CN. The highest BCUT2D eigenvalue weighted by atomic mass is 15.1. The molecule has 0 amide bonds. The van der Waals surface area contributed by atoms with E-state index in [9.17, 15) is 0 Å². The first-order valence-corrected chi connectivity index (χ1v) is 9.70. The van der Waals surface area contributed by atoms with Crippen molar-refractivity contribution in [1.29, 1.82) is 0 Å². The summed E-state index contributed by atoms with van der Waals surface area (Å²) in [4.78, 5) is 2.59. The average molecular weight is 297 g/mol. The molecule has 2 heteroatoms. The van der Waals surface area contributed by atoms with E-state index in [-0.39, 0.29) is 0 Å². The zero-order valence-electron chi connectivity index (χ0n) is 14.8. The standard InChI is InChI=1S/C19H40N2/c1-3-4-5-6-7-8-9-10-11-12-16-21(2)19-15-13-14-18(19)17-20/h18-19H,3-17,20H2,1-2H3. The van der Waals surface area contributed by atoms with Gasteiger partial charge in [0.25, 0.3) is 0 Å². The lowest BCUT2D eigenvalue weighted by atomic mass is 10.0.